The predicted octanol–water partition coefficient (Wildman–Crippen LogP) is 4.91. The molecule has 1 unspecified atom stereocenters. The fourth-order valence-electron chi connectivity index (χ4n) is 4.69. The summed E-state index contributed by atoms with van der Waals surface area (Å²) >= 11 is 6.25. The first-order chi connectivity index (χ1) is 17.4. The van der Waals surface area contributed by atoms with Crippen LogP contribution in [0.2, 0.25) is 5.02 Å². The molecule has 0 radical (unpaired) electrons. The van der Waals surface area contributed by atoms with Crippen molar-refractivity contribution in [3.8, 4) is 5.75 Å². The topological polar surface area (TPSA) is 80.8 Å². The number of hydrogen-bond acceptors (Lipinski definition) is 6. The number of halogens is 1. The highest BCUT2D eigenvalue weighted by Gasteiger charge is 2.46. The van der Waals surface area contributed by atoms with Crippen LogP contribution in [0.5, 0.6) is 5.75 Å². The molecule has 1 amide bonds. The number of benzene rings is 2. The van der Waals surface area contributed by atoms with Crippen LogP contribution in [-0.2, 0) is 10.3 Å². The van der Waals surface area contributed by atoms with E-state index in [0.717, 1.165) is 42.7 Å². The summed E-state index contributed by atoms with van der Waals surface area (Å²) in [6, 6.07) is 16.8. The zero-order valence-corrected chi connectivity index (χ0v) is 21.0. The number of nitrogens with one attached hydrogen (secondary N) is 1. The number of pyridine rings is 1. The number of amides is 1. The van der Waals surface area contributed by atoms with E-state index in [2.05, 4.69) is 15.2 Å². The third-order valence-electron chi connectivity index (χ3n) is 6.78. The molecule has 186 valence electrons. The number of nitrogens with zero attached hydrogens (tertiary/aromatic N) is 2. The van der Waals surface area contributed by atoms with Crippen molar-refractivity contribution >= 4 is 29.3 Å². The third-order valence-corrected chi connectivity index (χ3v) is 6.98. The molecule has 0 bridgehead atoms. The van der Waals surface area contributed by atoms with Crippen molar-refractivity contribution in [3.05, 3.63) is 88.1 Å². The van der Waals surface area contributed by atoms with E-state index in [-0.39, 0.29) is 18.0 Å². The standard InChI is InChI=1S/C28H28ClN3O4/c1-18-4-3-5-22(14-18)36-23-10-13-32(17-23)25-24(15-21(29)16-30-25)26(33)31-28(11-12-28)20-8-6-19(7-9-20)27(34)35-2/h3-9,14-16,23H,10-13,17H2,1-2H3,(H,31,33). The van der Waals surface area contributed by atoms with Gasteiger partial charge in [0.25, 0.3) is 5.91 Å². The summed E-state index contributed by atoms with van der Waals surface area (Å²) in [6.45, 7) is 3.39. The van der Waals surface area contributed by atoms with Crippen LogP contribution in [0.25, 0.3) is 0 Å². The minimum atomic E-state index is -0.465. The molecule has 1 aliphatic carbocycles. The van der Waals surface area contributed by atoms with Gasteiger partial charge in [-0.05, 0) is 61.2 Å². The van der Waals surface area contributed by atoms with Gasteiger partial charge in [0, 0.05) is 19.2 Å². The van der Waals surface area contributed by atoms with E-state index in [1.54, 1.807) is 24.4 Å². The molecule has 1 N–H and O–H groups in total. The number of aromatic nitrogens is 1. The Bertz CT molecular complexity index is 1290. The lowest BCUT2D eigenvalue weighted by atomic mass is 10.0. The van der Waals surface area contributed by atoms with Gasteiger partial charge in [-0.3, -0.25) is 4.79 Å². The van der Waals surface area contributed by atoms with Crippen molar-refractivity contribution in [2.75, 3.05) is 25.1 Å². The van der Waals surface area contributed by atoms with Gasteiger partial charge in [0.1, 0.15) is 17.7 Å². The van der Waals surface area contributed by atoms with Crippen molar-refractivity contribution in [3.63, 3.8) is 0 Å². The Kier molecular flexibility index (Phi) is 6.58. The van der Waals surface area contributed by atoms with Crippen LogP contribution in [0.4, 0.5) is 5.82 Å². The number of hydrogen-bond donors (Lipinski definition) is 1. The van der Waals surface area contributed by atoms with Crippen LogP contribution >= 0.6 is 11.6 Å². The molecule has 1 aliphatic heterocycles. The van der Waals surface area contributed by atoms with E-state index in [1.165, 1.54) is 7.11 Å². The Balaban J connectivity index is 1.31. The number of anilines is 1. The highest BCUT2D eigenvalue weighted by Crippen LogP contribution is 2.46. The molecule has 1 saturated carbocycles. The maximum absolute atomic E-state index is 13.5. The summed E-state index contributed by atoms with van der Waals surface area (Å²) < 4.78 is 11.0. The lowest BCUT2D eigenvalue weighted by Gasteiger charge is -2.23. The molecule has 1 saturated heterocycles. The molecule has 5 rings (SSSR count). The number of carbonyl (C=O) groups is 2. The first kappa shape index (κ1) is 24.1. The number of rotatable bonds is 7. The zero-order valence-electron chi connectivity index (χ0n) is 20.3. The molecule has 0 spiro atoms. The molecular weight excluding hydrogens is 478 g/mol. The second-order valence-electron chi connectivity index (χ2n) is 9.42. The summed E-state index contributed by atoms with van der Waals surface area (Å²) in [7, 11) is 1.35. The van der Waals surface area contributed by atoms with E-state index in [0.29, 0.717) is 28.5 Å². The van der Waals surface area contributed by atoms with Crippen LogP contribution in [0.15, 0.2) is 60.8 Å². The van der Waals surface area contributed by atoms with Gasteiger partial charge >= 0.3 is 5.97 Å². The Morgan fingerprint density at radius 1 is 1.14 bits per heavy atom. The van der Waals surface area contributed by atoms with Crippen molar-refractivity contribution in [1.29, 1.82) is 0 Å². The summed E-state index contributed by atoms with van der Waals surface area (Å²) in [5.41, 5.74) is 2.55. The molecular formula is C28H28ClN3O4. The van der Waals surface area contributed by atoms with Crippen molar-refractivity contribution in [2.24, 2.45) is 0 Å². The highest BCUT2D eigenvalue weighted by molar-refractivity contribution is 6.31. The number of carbonyl (C=O) groups excluding carboxylic acids is 2. The summed E-state index contributed by atoms with van der Waals surface area (Å²) in [5, 5.41) is 3.60. The maximum atomic E-state index is 13.5. The second-order valence-corrected chi connectivity index (χ2v) is 9.86. The maximum Gasteiger partial charge on any atom is 0.337 e. The number of aryl methyl sites for hydroxylation is 1. The first-order valence-corrected chi connectivity index (χ1v) is 12.4. The van der Waals surface area contributed by atoms with E-state index in [9.17, 15) is 9.59 Å². The molecule has 36 heavy (non-hydrogen) atoms. The quantitative estimate of drug-likeness (QED) is 0.460. The predicted molar refractivity (Wildman–Crippen MR) is 138 cm³/mol. The molecule has 2 fully saturated rings. The van der Waals surface area contributed by atoms with Gasteiger partial charge in [0.15, 0.2) is 0 Å². The van der Waals surface area contributed by atoms with Crippen LogP contribution in [0.3, 0.4) is 0 Å². The minimum Gasteiger partial charge on any atom is -0.489 e. The fourth-order valence-corrected chi connectivity index (χ4v) is 4.85. The number of esters is 1. The van der Waals surface area contributed by atoms with Crippen LogP contribution in [0.1, 0.15) is 51.1 Å². The molecule has 7 nitrogen and oxygen atoms in total. The number of methoxy groups -OCH3 is 1. The minimum absolute atomic E-state index is 0.00305. The fraction of sp³-hybridized carbons (Fsp3) is 0.321. The Morgan fingerprint density at radius 2 is 1.92 bits per heavy atom. The van der Waals surface area contributed by atoms with E-state index in [4.69, 9.17) is 21.1 Å². The zero-order chi connectivity index (χ0) is 25.3. The second kappa shape index (κ2) is 9.82. The highest BCUT2D eigenvalue weighted by atomic mass is 35.5. The average Bonchev–Trinajstić information content (AvgIpc) is 3.52. The molecule has 2 heterocycles. The average molecular weight is 506 g/mol. The normalized spacial score (nSPS) is 18.0. The molecule has 2 aromatic carbocycles. The lowest BCUT2D eigenvalue weighted by Crippen LogP contribution is -2.36. The van der Waals surface area contributed by atoms with Gasteiger partial charge in [0.05, 0.1) is 35.3 Å². The summed E-state index contributed by atoms with van der Waals surface area (Å²) in [5.74, 6) is 0.833. The van der Waals surface area contributed by atoms with Gasteiger partial charge in [-0.25, -0.2) is 9.78 Å². The Labute approximate surface area is 215 Å². The van der Waals surface area contributed by atoms with Crippen molar-refractivity contribution in [2.45, 2.75) is 37.8 Å². The first-order valence-electron chi connectivity index (χ1n) is 12.0. The largest absolute Gasteiger partial charge is 0.489 e. The van der Waals surface area contributed by atoms with E-state index in [1.807, 2.05) is 43.3 Å². The van der Waals surface area contributed by atoms with Crippen LogP contribution in [-0.4, -0.2) is 43.2 Å². The van der Waals surface area contributed by atoms with Gasteiger partial charge in [0.2, 0.25) is 0 Å². The van der Waals surface area contributed by atoms with Gasteiger partial charge in [-0.15, -0.1) is 0 Å². The molecule has 2 aliphatic rings. The monoisotopic (exact) mass is 505 g/mol. The van der Waals surface area contributed by atoms with Crippen molar-refractivity contribution < 1.29 is 19.1 Å². The summed E-state index contributed by atoms with van der Waals surface area (Å²) in [6.07, 6.45) is 4.03. The summed E-state index contributed by atoms with van der Waals surface area (Å²) in [4.78, 5) is 31.9. The van der Waals surface area contributed by atoms with Crippen LogP contribution < -0.4 is 15.0 Å². The van der Waals surface area contributed by atoms with Gasteiger partial charge in [-0.2, -0.15) is 0 Å². The SMILES string of the molecule is COC(=O)c1ccc(C2(NC(=O)c3cc(Cl)cnc3N3CCC(Oc4cccc(C)c4)C3)CC2)cc1. The third kappa shape index (κ3) is 5.02. The molecule has 1 atom stereocenters. The van der Waals surface area contributed by atoms with Gasteiger partial charge in [-0.1, -0.05) is 35.9 Å². The van der Waals surface area contributed by atoms with Crippen LogP contribution in [0, 0.1) is 6.92 Å². The van der Waals surface area contributed by atoms with Crippen molar-refractivity contribution in [1.82, 2.24) is 10.3 Å². The van der Waals surface area contributed by atoms with E-state index < -0.39 is 5.54 Å². The smallest absolute Gasteiger partial charge is 0.337 e. The number of ether oxygens (including phenoxy) is 2. The molecule has 8 heteroatoms. The Hall–Kier alpha value is -3.58. The van der Waals surface area contributed by atoms with E-state index >= 15 is 0 Å². The lowest BCUT2D eigenvalue weighted by molar-refractivity contribution is 0.0600. The molecule has 1 aromatic heterocycles. The van der Waals surface area contributed by atoms with Gasteiger partial charge < -0.3 is 19.7 Å². The Morgan fingerprint density at radius 3 is 2.61 bits per heavy atom. The molecule has 3 aromatic rings.